The second-order valence-corrected chi connectivity index (χ2v) is 4.18. The number of methoxy groups -OCH3 is 1. The minimum atomic E-state index is -0.615. The van der Waals surface area contributed by atoms with E-state index < -0.39 is 5.92 Å². The average molecular weight is 266 g/mol. The summed E-state index contributed by atoms with van der Waals surface area (Å²) in [5.41, 5.74) is 1.61. The highest BCUT2D eigenvalue weighted by molar-refractivity contribution is 5.50. The normalized spacial score (nSPS) is 11.2. The number of nitrogens with zero attached hydrogens (tertiary/aromatic N) is 2. The van der Waals surface area contributed by atoms with Gasteiger partial charge in [-0.05, 0) is 35.4 Å². The van der Waals surface area contributed by atoms with Gasteiger partial charge in [-0.25, -0.2) is 4.39 Å². The molecule has 98 valence electrons. The molecule has 4 heteroatoms. The van der Waals surface area contributed by atoms with Crippen molar-refractivity contribution in [3.8, 4) is 17.9 Å². The van der Waals surface area contributed by atoms with E-state index in [0.29, 0.717) is 22.4 Å². The van der Waals surface area contributed by atoms with Crippen LogP contribution < -0.4 is 4.74 Å². The Kier molecular flexibility index (Phi) is 3.98. The molecule has 1 unspecified atom stereocenters. The molecule has 0 bridgehead atoms. The monoisotopic (exact) mass is 266 g/mol. The summed E-state index contributed by atoms with van der Waals surface area (Å²) in [7, 11) is 1.51. The fourth-order valence-corrected chi connectivity index (χ4v) is 1.99. The van der Waals surface area contributed by atoms with Gasteiger partial charge < -0.3 is 4.74 Å². The highest BCUT2D eigenvalue weighted by Gasteiger charge is 2.17. The van der Waals surface area contributed by atoms with Crippen LogP contribution in [0.4, 0.5) is 4.39 Å². The smallest absolute Gasteiger partial charge is 0.123 e. The van der Waals surface area contributed by atoms with Gasteiger partial charge in [0.15, 0.2) is 0 Å². The maximum atomic E-state index is 12.9. The Morgan fingerprint density at radius 2 is 1.80 bits per heavy atom. The molecule has 0 spiro atoms. The van der Waals surface area contributed by atoms with Crippen molar-refractivity contribution in [3.05, 3.63) is 65.0 Å². The van der Waals surface area contributed by atoms with Crippen LogP contribution in [-0.2, 0) is 0 Å². The van der Waals surface area contributed by atoms with Crippen LogP contribution in [0.3, 0.4) is 0 Å². The van der Waals surface area contributed by atoms with E-state index in [1.807, 2.05) is 0 Å². The number of halogens is 1. The lowest BCUT2D eigenvalue weighted by molar-refractivity contribution is 0.414. The van der Waals surface area contributed by atoms with E-state index in [-0.39, 0.29) is 5.82 Å². The maximum absolute atomic E-state index is 12.9. The predicted molar refractivity (Wildman–Crippen MR) is 71.6 cm³/mol. The van der Waals surface area contributed by atoms with Crippen molar-refractivity contribution in [3.63, 3.8) is 0 Å². The molecule has 0 aliphatic heterocycles. The summed E-state index contributed by atoms with van der Waals surface area (Å²) in [5.74, 6) is -0.419. The molecular weight excluding hydrogens is 255 g/mol. The minimum Gasteiger partial charge on any atom is -0.497 e. The first-order chi connectivity index (χ1) is 9.69. The lowest BCUT2D eigenvalue weighted by Gasteiger charge is -2.12. The van der Waals surface area contributed by atoms with Crippen LogP contribution in [-0.4, -0.2) is 7.11 Å². The van der Waals surface area contributed by atoms with E-state index in [1.54, 1.807) is 30.3 Å². The summed E-state index contributed by atoms with van der Waals surface area (Å²) in [4.78, 5) is 0. The quantitative estimate of drug-likeness (QED) is 0.855. The third kappa shape index (κ3) is 2.60. The Morgan fingerprint density at radius 1 is 1.10 bits per heavy atom. The van der Waals surface area contributed by atoms with E-state index in [9.17, 15) is 14.9 Å². The van der Waals surface area contributed by atoms with Gasteiger partial charge in [-0.15, -0.1) is 0 Å². The van der Waals surface area contributed by atoms with Gasteiger partial charge in [0.05, 0.1) is 30.7 Å². The van der Waals surface area contributed by atoms with Crippen molar-refractivity contribution in [2.45, 2.75) is 5.92 Å². The lowest BCUT2D eigenvalue weighted by atomic mass is 9.89. The number of rotatable bonds is 3. The Morgan fingerprint density at radius 3 is 2.35 bits per heavy atom. The molecule has 0 aromatic heterocycles. The fourth-order valence-electron chi connectivity index (χ4n) is 1.99. The van der Waals surface area contributed by atoms with Crippen LogP contribution in [0.25, 0.3) is 0 Å². The van der Waals surface area contributed by atoms with Crippen LogP contribution >= 0.6 is 0 Å². The van der Waals surface area contributed by atoms with Gasteiger partial charge in [-0.1, -0.05) is 18.2 Å². The first-order valence-electron chi connectivity index (χ1n) is 5.92. The van der Waals surface area contributed by atoms with Gasteiger partial charge >= 0.3 is 0 Å². The largest absolute Gasteiger partial charge is 0.497 e. The molecule has 0 saturated heterocycles. The Labute approximate surface area is 116 Å². The Hall–Kier alpha value is -2.85. The summed E-state index contributed by atoms with van der Waals surface area (Å²) in [6, 6.07) is 14.9. The Balaban J connectivity index is 2.50. The van der Waals surface area contributed by atoms with Gasteiger partial charge in [0, 0.05) is 0 Å². The molecule has 0 heterocycles. The average Bonchev–Trinajstić information content (AvgIpc) is 2.50. The third-order valence-electron chi connectivity index (χ3n) is 3.02. The summed E-state index contributed by atoms with van der Waals surface area (Å²) in [6.07, 6.45) is 0. The molecule has 0 aliphatic rings. The molecule has 0 amide bonds. The van der Waals surface area contributed by atoms with Crippen molar-refractivity contribution >= 4 is 0 Å². The van der Waals surface area contributed by atoms with Gasteiger partial charge in [0.1, 0.15) is 11.6 Å². The van der Waals surface area contributed by atoms with Crippen LogP contribution in [0.1, 0.15) is 22.6 Å². The van der Waals surface area contributed by atoms with Crippen LogP contribution in [0.2, 0.25) is 0 Å². The van der Waals surface area contributed by atoms with Crippen molar-refractivity contribution < 1.29 is 9.13 Å². The van der Waals surface area contributed by atoms with Crippen molar-refractivity contribution in [2.75, 3.05) is 7.11 Å². The van der Waals surface area contributed by atoms with Crippen molar-refractivity contribution in [2.24, 2.45) is 0 Å². The van der Waals surface area contributed by atoms with E-state index in [0.717, 1.165) is 0 Å². The maximum Gasteiger partial charge on any atom is 0.123 e. The fraction of sp³-hybridized carbons (Fsp3) is 0.125. The zero-order chi connectivity index (χ0) is 14.5. The number of nitriles is 2. The molecule has 0 N–H and O–H groups in total. The Bertz CT molecular complexity index is 696. The lowest BCUT2D eigenvalue weighted by Crippen LogP contribution is -2.01. The van der Waals surface area contributed by atoms with E-state index in [2.05, 4.69) is 12.1 Å². The second kappa shape index (κ2) is 5.86. The molecule has 2 rings (SSSR count). The molecule has 0 fully saturated rings. The van der Waals surface area contributed by atoms with Gasteiger partial charge in [0.25, 0.3) is 0 Å². The van der Waals surface area contributed by atoms with Crippen LogP contribution in [0, 0.1) is 28.5 Å². The van der Waals surface area contributed by atoms with Gasteiger partial charge in [-0.3, -0.25) is 0 Å². The topological polar surface area (TPSA) is 56.8 Å². The zero-order valence-corrected chi connectivity index (χ0v) is 10.8. The number of ether oxygens (including phenoxy) is 1. The number of hydrogen-bond acceptors (Lipinski definition) is 3. The SMILES string of the molecule is COc1ccc(C(C#N)c2ccc(F)cc2)c(C#N)c1. The predicted octanol–water partition coefficient (Wildman–Crippen LogP) is 3.36. The highest BCUT2D eigenvalue weighted by Crippen LogP contribution is 2.29. The molecule has 1 atom stereocenters. The summed E-state index contributed by atoms with van der Waals surface area (Å²) < 4.78 is 18.0. The molecule has 2 aromatic carbocycles. The molecule has 0 radical (unpaired) electrons. The molecule has 0 saturated carbocycles. The van der Waals surface area contributed by atoms with E-state index >= 15 is 0 Å². The standard InChI is InChI=1S/C16H11FN2O/c1-20-14-6-7-15(12(8-14)9-18)16(10-19)11-2-4-13(17)5-3-11/h2-8,16H,1H3. The molecule has 2 aromatic rings. The molecule has 3 nitrogen and oxygen atoms in total. The second-order valence-electron chi connectivity index (χ2n) is 4.18. The molecular formula is C16H11FN2O. The van der Waals surface area contributed by atoms with Gasteiger partial charge in [-0.2, -0.15) is 10.5 Å². The first-order valence-corrected chi connectivity index (χ1v) is 5.92. The molecule has 20 heavy (non-hydrogen) atoms. The minimum absolute atomic E-state index is 0.360. The van der Waals surface area contributed by atoms with E-state index in [1.165, 1.54) is 19.2 Å². The zero-order valence-electron chi connectivity index (χ0n) is 10.8. The number of benzene rings is 2. The first kappa shape index (κ1) is 13.6. The highest BCUT2D eigenvalue weighted by atomic mass is 19.1. The third-order valence-corrected chi connectivity index (χ3v) is 3.02. The number of hydrogen-bond donors (Lipinski definition) is 0. The summed E-state index contributed by atoms with van der Waals surface area (Å²) in [5, 5.41) is 18.6. The summed E-state index contributed by atoms with van der Waals surface area (Å²) >= 11 is 0. The summed E-state index contributed by atoms with van der Waals surface area (Å²) in [6.45, 7) is 0. The van der Waals surface area contributed by atoms with E-state index in [4.69, 9.17) is 4.74 Å². The van der Waals surface area contributed by atoms with Gasteiger partial charge in [0.2, 0.25) is 0 Å². The van der Waals surface area contributed by atoms with Crippen LogP contribution in [0.5, 0.6) is 5.75 Å². The van der Waals surface area contributed by atoms with Crippen molar-refractivity contribution in [1.82, 2.24) is 0 Å². The van der Waals surface area contributed by atoms with Crippen LogP contribution in [0.15, 0.2) is 42.5 Å². The van der Waals surface area contributed by atoms with Crippen molar-refractivity contribution in [1.29, 1.82) is 10.5 Å². The molecule has 0 aliphatic carbocycles.